The molecule has 1 atom stereocenters. The third-order valence-electron chi connectivity index (χ3n) is 3.09. The van der Waals surface area contributed by atoms with E-state index < -0.39 is 8.69 Å². The summed E-state index contributed by atoms with van der Waals surface area (Å²) in [5, 5.41) is 0. The maximum atomic E-state index is 10.3. The summed E-state index contributed by atoms with van der Waals surface area (Å²) in [6.45, 7) is 4.20. The predicted octanol–water partition coefficient (Wildman–Crippen LogP) is 4.19. The second kappa shape index (κ2) is 20.8. The lowest BCUT2D eigenvalue weighted by Crippen LogP contribution is -1.94. The van der Waals surface area contributed by atoms with Crippen LogP contribution in [0.15, 0.2) is 24.3 Å². The summed E-state index contributed by atoms with van der Waals surface area (Å²) in [6.07, 6.45) is 9.99. The summed E-state index contributed by atoms with van der Waals surface area (Å²) in [4.78, 5) is 26.8. The van der Waals surface area contributed by atoms with E-state index in [4.69, 9.17) is 9.46 Å². The molecule has 23 heavy (non-hydrogen) atoms. The average Bonchev–Trinajstić information content (AvgIpc) is 2.56. The summed E-state index contributed by atoms with van der Waals surface area (Å²) >= 11 is 0. The number of benzene rings is 1. The number of aryl methyl sites for hydroxylation is 2. The van der Waals surface area contributed by atoms with Gasteiger partial charge in [-0.05, 0) is 43.2 Å². The number of rotatable bonds is 9. The third kappa shape index (κ3) is 16.9. The van der Waals surface area contributed by atoms with Crippen LogP contribution in [-0.2, 0) is 27.0 Å². The summed E-state index contributed by atoms with van der Waals surface area (Å²) in [5.41, 5.74) is 2.89. The Balaban J connectivity index is 0. The molecule has 0 bridgehead atoms. The number of hydrogen-bond donors (Lipinski definition) is 1. The summed E-state index contributed by atoms with van der Waals surface area (Å²) in [6, 6.07) is 8.60. The van der Waals surface area contributed by atoms with Crippen molar-refractivity contribution < 1.29 is 19.0 Å². The van der Waals surface area contributed by atoms with E-state index in [2.05, 4.69) is 31.2 Å². The van der Waals surface area contributed by atoms with Gasteiger partial charge >= 0.3 is 0 Å². The Bertz CT molecular complexity index is 408. The highest BCUT2D eigenvalue weighted by atomic mass is 31.1. The van der Waals surface area contributed by atoms with Crippen molar-refractivity contribution in [1.82, 2.24) is 0 Å². The maximum Gasteiger partial charge on any atom is 0.177 e. The maximum absolute atomic E-state index is 10.3. The molecule has 0 aliphatic heterocycles. The van der Waals surface area contributed by atoms with Crippen LogP contribution in [-0.4, -0.2) is 17.5 Å². The number of hydrogen-bond acceptors (Lipinski definition) is 3. The van der Waals surface area contributed by atoms with Gasteiger partial charge in [0.25, 0.3) is 0 Å². The van der Waals surface area contributed by atoms with Crippen LogP contribution in [0.25, 0.3) is 0 Å². The fourth-order valence-corrected chi connectivity index (χ4v) is 1.91. The van der Waals surface area contributed by atoms with Crippen LogP contribution in [0.1, 0.15) is 63.5 Å². The normalized spacial score (nSPS) is 9.52. The van der Waals surface area contributed by atoms with Crippen molar-refractivity contribution in [2.45, 2.75) is 65.2 Å². The topological polar surface area (TPSA) is 71.4 Å². The molecule has 1 unspecified atom stereocenters. The highest BCUT2D eigenvalue weighted by Gasteiger charge is 2.00. The fraction of sp³-hybridized carbons (Fsp3) is 0.556. The van der Waals surface area contributed by atoms with Gasteiger partial charge in [0.1, 0.15) is 12.6 Å². The van der Waals surface area contributed by atoms with Gasteiger partial charge in [0.2, 0.25) is 0 Å². The minimum atomic E-state index is -1.50. The highest BCUT2D eigenvalue weighted by Crippen LogP contribution is 2.14. The molecular weight excluding hydrogens is 311 g/mol. The van der Waals surface area contributed by atoms with E-state index in [1.54, 1.807) is 0 Å². The van der Waals surface area contributed by atoms with Crippen LogP contribution in [0.4, 0.5) is 0 Å². The van der Waals surface area contributed by atoms with Gasteiger partial charge in [-0.3, -0.25) is 4.57 Å². The minimum Gasteiger partial charge on any atom is -0.348 e. The average molecular weight is 342 g/mol. The number of unbranched alkanes of at least 4 members (excludes halogenated alkanes) is 3. The molecule has 1 aromatic rings. The molecule has 1 aromatic carbocycles. The lowest BCUT2D eigenvalue weighted by molar-refractivity contribution is -0.108. The molecule has 0 aromatic heterocycles. The minimum absolute atomic E-state index is 0.683. The molecule has 1 N–H and O–H groups in total. The van der Waals surface area contributed by atoms with Gasteiger partial charge in [0.15, 0.2) is 8.69 Å². The van der Waals surface area contributed by atoms with Crippen LogP contribution in [0.5, 0.6) is 0 Å². The predicted molar refractivity (Wildman–Crippen MR) is 97.6 cm³/mol. The molecule has 0 aliphatic carbocycles. The van der Waals surface area contributed by atoms with E-state index in [0.717, 1.165) is 31.8 Å². The van der Waals surface area contributed by atoms with Crippen molar-refractivity contribution in [2.24, 2.45) is 0 Å². The Hall–Kier alpha value is -1.25. The molecular formula is C18H31O4P. The molecule has 0 saturated carbocycles. The van der Waals surface area contributed by atoms with E-state index in [1.807, 2.05) is 6.92 Å². The van der Waals surface area contributed by atoms with Gasteiger partial charge in [0.05, 0.1) is 0 Å². The van der Waals surface area contributed by atoms with Gasteiger partial charge < -0.3 is 14.5 Å². The van der Waals surface area contributed by atoms with Crippen LogP contribution in [0.2, 0.25) is 0 Å². The molecule has 0 fully saturated rings. The smallest absolute Gasteiger partial charge is 0.177 e. The monoisotopic (exact) mass is 342 g/mol. The molecule has 5 heteroatoms. The zero-order chi connectivity index (χ0) is 17.8. The second-order valence-corrected chi connectivity index (χ2v) is 5.20. The van der Waals surface area contributed by atoms with Gasteiger partial charge in [-0.25, -0.2) is 0 Å². The Labute approximate surface area is 141 Å². The van der Waals surface area contributed by atoms with Crippen molar-refractivity contribution in [3.05, 3.63) is 35.4 Å². The Morgan fingerprint density at radius 1 is 0.913 bits per heavy atom. The largest absolute Gasteiger partial charge is 0.348 e. The van der Waals surface area contributed by atoms with Crippen LogP contribution in [0, 0.1) is 0 Å². The van der Waals surface area contributed by atoms with Crippen LogP contribution >= 0.6 is 8.69 Å². The quantitative estimate of drug-likeness (QED) is 0.415. The van der Waals surface area contributed by atoms with E-state index in [-0.39, 0.29) is 0 Å². The first kappa shape index (κ1) is 24.0. The van der Waals surface area contributed by atoms with Crippen molar-refractivity contribution in [3.8, 4) is 0 Å². The molecule has 4 nitrogen and oxygen atoms in total. The number of aldehydes is 2. The molecule has 1 rings (SSSR count). The zero-order valence-corrected chi connectivity index (χ0v) is 15.5. The second-order valence-electron chi connectivity index (χ2n) is 4.99. The summed E-state index contributed by atoms with van der Waals surface area (Å²) < 4.78 is 8.57. The lowest BCUT2D eigenvalue weighted by Gasteiger charge is -2.07. The van der Waals surface area contributed by atoms with Gasteiger partial charge in [0, 0.05) is 12.8 Å². The molecule has 0 radical (unpaired) electrons. The first-order valence-corrected chi connectivity index (χ1v) is 9.22. The van der Waals surface area contributed by atoms with Crippen molar-refractivity contribution >= 4 is 21.3 Å². The Kier molecular flexibility index (Phi) is 21.7. The van der Waals surface area contributed by atoms with Gasteiger partial charge in [-0.2, -0.15) is 0 Å². The first-order chi connectivity index (χ1) is 11.2. The molecule has 0 aliphatic rings. The highest BCUT2D eigenvalue weighted by molar-refractivity contribution is 7.16. The Morgan fingerprint density at radius 2 is 1.39 bits per heavy atom. The molecule has 132 valence electrons. The molecule has 0 amide bonds. The standard InChI is InChI=1S/C14H20O.C4H8O.H3O2P/c1-2-3-8-13-9-4-5-10-14(13)11-6-7-12-15;1-2-3-4-5;1-3-2/h4-5,9-10,12H,2-3,6-8,11H2,1H3;4H,2-3H2,1H3;3H2,(H,1,2). The van der Waals surface area contributed by atoms with E-state index in [1.165, 1.54) is 30.4 Å². The van der Waals surface area contributed by atoms with E-state index in [9.17, 15) is 9.59 Å². The Morgan fingerprint density at radius 3 is 1.74 bits per heavy atom. The molecule has 0 spiro atoms. The van der Waals surface area contributed by atoms with Crippen molar-refractivity contribution in [1.29, 1.82) is 0 Å². The summed E-state index contributed by atoms with van der Waals surface area (Å²) in [7, 11) is -1.50. The number of carbonyl (C=O) groups excluding carboxylic acids is 2. The van der Waals surface area contributed by atoms with Gasteiger partial charge in [-0.1, -0.05) is 44.5 Å². The van der Waals surface area contributed by atoms with Crippen LogP contribution in [0.3, 0.4) is 0 Å². The summed E-state index contributed by atoms with van der Waals surface area (Å²) in [5.74, 6) is 0. The van der Waals surface area contributed by atoms with Crippen molar-refractivity contribution in [3.63, 3.8) is 0 Å². The van der Waals surface area contributed by atoms with Crippen molar-refractivity contribution in [2.75, 3.05) is 0 Å². The fourth-order valence-electron chi connectivity index (χ4n) is 1.91. The van der Waals surface area contributed by atoms with E-state index in [0.29, 0.717) is 12.8 Å². The SMILES string of the molecule is CCCC=O.CCCCc1ccccc1CCCC=O.O=[PH2]O. The van der Waals surface area contributed by atoms with Gasteiger partial charge in [-0.15, -0.1) is 0 Å². The molecule has 0 heterocycles. The van der Waals surface area contributed by atoms with Crippen LogP contribution < -0.4 is 0 Å². The number of carbonyl (C=O) groups is 2. The lowest BCUT2D eigenvalue weighted by atomic mass is 9.98. The zero-order valence-electron chi connectivity index (χ0n) is 14.4. The third-order valence-corrected chi connectivity index (χ3v) is 3.09. The van der Waals surface area contributed by atoms with E-state index >= 15 is 0 Å². The molecule has 0 saturated heterocycles. The first-order valence-electron chi connectivity index (χ1n) is 8.23.